The van der Waals surface area contributed by atoms with E-state index in [0.29, 0.717) is 5.56 Å². The zero-order valence-corrected chi connectivity index (χ0v) is 10.9. The van der Waals surface area contributed by atoms with Crippen LogP contribution < -0.4 is 11.5 Å². The van der Waals surface area contributed by atoms with Crippen molar-refractivity contribution in [2.75, 3.05) is 0 Å². The SMILES string of the molecule is C[C@H](N)C(=O)O.N[C@@H](Cc1ccc(O)c(O)c1)C(=O)O. The summed E-state index contributed by atoms with van der Waals surface area (Å²) >= 11 is 0. The first-order chi connectivity index (χ1) is 9.15. The van der Waals surface area contributed by atoms with Crippen molar-refractivity contribution in [2.24, 2.45) is 11.5 Å². The summed E-state index contributed by atoms with van der Waals surface area (Å²) in [5.41, 5.74) is 10.7. The molecule has 8 heteroatoms. The van der Waals surface area contributed by atoms with E-state index < -0.39 is 24.0 Å². The van der Waals surface area contributed by atoms with E-state index in [0.717, 1.165) is 0 Å². The van der Waals surface area contributed by atoms with E-state index >= 15 is 0 Å². The molecular weight excluding hydrogens is 268 g/mol. The van der Waals surface area contributed by atoms with Crippen LogP contribution in [0.15, 0.2) is 18.2 Å². The molecule has 8 N–H and O–H groups in total. The fraction of sp³-hybridized carbons (Fsp3) is 0.333. The quantitative estimate of drug-likeness (QED) is 0.401. The molecule has 2 atom stereocenters. The number of aromatic hydroxyl groups is 2. The van der Waals surface area contributed by atoms with E-state index in [2.05, 4.69) is 0 Å². The number of nitrogens with two attached hydrogens (primary N) is 2. The van der Waals surface area contributed by atoms with Crippen molar-refractivity contribution in [3.63, 3.8) is 0 Å². The van der Waals surface area contributed by atoms with Crippen LogP contribution in [-0.2, 0) is 16.0 Å². The molecule has 0 bridgehead atoms. The standard InChI is InChI=1S/C9H11NO4.C3H7NO2/c10-6(9(13)14)3-5-1-2-7(11)8(12)4-5;1-2(4)3(5)6/h1-2,4,6,11-12H,3,10H2,(H,13,14);2H,4H2,1H3,(H,5,6)/t6-;2-/m00/s1. The number of carboxylic acids is 2. The topological polar surface area (TPSA) is 167 Å². The van der Waals surface area contributed by atoms with Crippen LogP contribution in [0.3, 0.4) is 0 Å². The summed E-state index contributed by atoms with van der Waals surface area (Å²) in [5, 5.41) is 34.5. The second-order valence-electron chi connectivity index (χ2n) is 4.10. The number of carboxylic acid groups (broad SMARTS) is 2. The van der Waals surface area contributed by atoms with Gasteiger partial charge in [-0.25, -0.2) is 0 Å². The van der Waals surface area contributed by atoms with Crippen molar-refractivity contribution in [3.05, 3.63) is 23.8 Å². The molecule has 0 aliphatic heterocycles. The van der Waals surface area contributed by atoms with Crippen molar-refractivity contribution >= 4 is 11.9 Å². The maximum atomic E-state index is 10.4. The van der Waals surface area contributed by atoms with E-state index in [4.69, 9.17) is 31.9 Å². The Morgan fingerprint density at radius 3 is 1.95 bits per heavy atom. The van der Waals surface area contributed by atoms with Gasteiger partial charge in [-0.15, -0.1) is 0 Å². The third kappa shape index (κ3) is 6.57. The van der Waals surface area contributed by atoms with Crippen molar-refractivity contribution in [3.8, 4) is 11.5 Å². The van der Waals surface area contributed by atoms with Crippen LogP contribution in [0.2, 0.25) is 0 Å². The predicted molar refractivity (Wildman–Crippen MR) is 70.4 cm³/mol. The molecule has 0 saturated heterocycles. The molecule has 1 rings (SSSR count). The van der Waals surface area contributed by atoms with Crippen molar-refractivity contribution in [2.45, 2.75) is 25.4 Å². The van der Waals surface area contributed by atoms with Gasteiger partial charge in [0.05, 0.1) is 0 Å². The number of phenolic OH excluding ortho intramolecular Hbond substituents is 2. The normalized spacial score (nSPS) is 12.8. The molecule has 0 radical (unpaired) electrons. The molecule has 0 spiro atoms. The van der Waals surface area contributed by atoms with Gasteiger partial charge in [-0.2, -0.15) is 0 Å². The highest BCUT2D eigenvalue weighted by atomic mass is 16.4. The first-order valence-corrected chi connectivity index (χ1v) is 5.62. The average molecular weight is 286 g/mol. The summed E-state index contributed by atoms with van der Waals surface area (Å²) in [5.74, 6) is -2.58. The van der Waals surface area contributed by atoms with Gasteiger partial charge in [-0.05, 0) is 31.0 Å². The number of carbonyl (C=O) groups is 2. The minimum absolute atomic E-state index is 0.114. The lowest BCUT2D eigenvalue weighted by Gasteiger charge is -2.06. The molecule has 1 aromatic carbocycles. The van der Waals surface area contributed by atoms with Gasteiger partial charge in [0, 0.05) is 0 Å². The van der Waals surface area contributed by atoms with Crippen LogP contribution in [0.4, 0.5) is 0 Å². The maximum Gasteiger partial charge on any atom is 0.320 e. The van der Waals surface area contributed by atoms with Gasteiger partial charge in [0.25, 0.3) is 0 Å². The Labute approximate surface area is 115 Å². The van der Waals surface area contributed by atoms with E-state index in [1.165, 1.54) is 25.1 Å². The Kier molecular flexibility index (Phi) is 7.05. The van der Waals surface area contributed by atoms with Crippen molar-refractivity contribution < 1.29 is 30.0 Å². The lowest BCUT2D eigenvalue weighted by molar-refractivity contribution is -0.139. The first-order valence-electron chi connectivity index (χ1n) is 5.62. The minimum atomic E-state index is -1.10. The fourth-order valence-corrected chi connectivity index (χ4v) is 1.04. The molecule has 0 amide bonds. The van der Waals surface area contributed by atoms with Crippen LogP contribution in [0.25, 0.3) is 0 Å². The molecule has 0 saturated carbocycles. The predicted octanol–water partition coefficient (Wildman–Crippen LogP) is -0.530. The molecule has 0 aliphatic rings. The third-order valence-electron chi connectivity index (χ3n) is 2.20. The Morgan fingerprint density at radius 2 is 1.60 bits per heavy atom. The third-order valence-corrected chi connectivity index (χ3v) is 2.20. The molecule has 0 aliphatic carbocycles. The lowest BCUT2D eigenvalue weighted by Crippen LogP contribution is -2.32. The highest BCUT2D eigenvalue weighted by Crippen LogP contribution is 2.25. The first kappa shape index (κ1) is 17.7. The molecule has 20 heavy (non-hydrogen) atoms. The molecule has 8 nitrogen and oxygen atoms in total. The minimum Gasteiger partial charge on any atom is -0.504 e. The fourth-order valence-electron chi connectivity index (χ4n) is 1.04. The largest absolute Gasteiger partial charge is 0.504 e. The second-order valence-corrected chi connectivity index (χ2v) is 4.10. The Balaban J connectivity index is 0.000000511. The van der Waals surface area contributed by atoms with Crippen LogP contribution in [0.1, 0.15) is 12.5 Å². The smallest absolute Gasteiger partial charge is 0.320 e. The number of aliphatic carboxylic acids is 2. The Hall–Kier alpha value is -2.32. The number of benzene rings is 1. The van der Waals surface area contributed by atoms with Crippen molar-refractivity contribution in [1.29, 1.82) is 0 Å². The van der Waals surface area contributed by atoms with Gasteiger partial charge in [0.15, 0.2) is 11.5 Å². The van der Waals surface area contributed by atoms with Gasteiger partial charge < -0.3 is 31.9 Å². The van der Waals surface area contributed by atoms with E-state index in [1.54, 1.807) is 0 Å². The molecule has 0 aromatic heterocycles. The summed E-state index contributed by atoms with van der Waals surface area (Å²) in [6.07, 6.45) is 0.114. The molecule has 0 unspecified atom stereocenters. The second kappa shape index (κ2) is 7.97. The van der Waals surface area contributed by atoms with Gasteiger partial charge >= 0.3 is 11.9 Å². The van der Waals surface area contributed by atoms with E-state index in [-0.39, 0.29) is 17.9 Å². The van der Waals surface area contributed by atoms with E-state index in [9.17, 15) is 9.59 Å². The number of phenols is 2. The summed E-state index contributed by atoms with van der Waals surface area (Å²) < 4.78 is 0. The summed E-state index contributed by atoms with van der Waals surface area (Å²) in [4.78, 5) is 20.0. The van der Waals surface area contributed by atoms with Gasteiger partial charge in [0.1, 0.15) is 12.1 Å². The number of hydrogen-bond acceptors (Lipinski definition) is 6. The highest BCUT2D eigenvalue weighted by molar-refractivity contribution is 5.73. The molecular formula is C12H18N2O6. The van der Waals surface area contributed by atoms with Crippen LogP contribution in [0.5, 0.6) is 11.5 Å². The lowest BCUT2D eigenvalue weighted by atomic mass is 10.1. The van der Waals surface area contributed by atoms with Crippen molar-refractivity contribution in [1.82, 2.24) is 0 Å². The Bertz CT molecular complexity index is 475. The molecule has 1 aromatic rings. The highest BCUT2D eigenvalue weighted by Gasteiger charge is 2.12. The van der Waals surface area contributed by atoms with Gasteiger partial charge in [-0.1, -0.05) is 6.07 Å². The van der Waals surface area contributed by atoms with Crippen LogP contribution in [-0.4, -0.2) is 44.4 Å². The number of rotatable bonds is 4. The monoisotopic (exact) mass is 286 g/mol. The summed E-state index contributed by atoms with van der Waals surface area (Å²) in [6.45, 7) is 1.42. The average Bonchev–Trinajstić information content (AvgIpc) is 2.34. The van der Waals surface area contributed by atoms with E-state index in [1.807, 2.05) is 0 Å². The van der Waals surface area contributed by atoms with Gasteiger partial charge in [0.2, 0.25) is 0 Å². The molecule has 0 fully saturated rings. The zero-order chi connectivity index (χ0) is 15.9. The van der Waals surface area contributed by atoms with Crippen LogP contribution in [0, 0.1) is 0 Å². The van der Waals surface area contributed by atoms with Crippen LogP contribution >= 0.6 is 0 Å². The summed E-state index contributed by atoms with van der Waals surface area (Å²) in [6, 6.07) is 2.36. The maximum absolute atomic E-state index is 10.4. The molecule has 112 valence electrons. The van der Waals surface area contributed by atoms with Gasteiger partial charge in [-0.3, -0.25) is 9.59 Å². The summed E-state index contributed by atoms with van der Waals surface area (Å²) in [7, 11) is 0. The molecule has 0 heterocycles. The number of hydrogen-bond donors (Lipinski definition) is 6. The Morgan fingerprint density at radius 1 is 1.10 bits per heavy atom. The zero-order valence-electron chi connectivity index (χ0n) is 10.9.